The molecule has 146 valence electrons. The zero-order chi connectivity index (χ0) is 20.1. The van der Waals surface area contributed by atoms with Gasteiger partial charge in [-0.1, -0.05) is 60.7 Å². The van der Waals surface area contributed by atoms with Crippen molar-refractivity contribution in [2.24, 2.45) is 0 Å². The van der Waals surface area contributed by atoms with Gasteiger partial charge in [-0.15, -0.1) is 0 Å². The molecule has 0 atom stereocenters. The van der Waals surface area contributed by atoms with Crippen LogP contribution in [-0.2, 0) is 19.5 Å². The Hall–Kier alpha value is -3.59. The second kappa shape index (κ2) is 6.74. The van der Waals surface area contributed by atoms with Crippen LogP contribution in [0.2, 0.25) is 0 Å². The molecule has 2 nitrogen and oxygen atoms in total. The molecule has 0 saturated carbocycles. The Balaban J connectivity index is 1.58. The van der Waals surface area contributed by atoms with Gasteiger partial charge in [-0.05, 0) is 47.9 Å². The lowest BCUT2D eigenvalue weighted by molar-refractivity contribution is 0.627. The van der Waals surface area contributed by atoms with Crippen molar-refractivity contribution in [2.45, 2.75) is 19.5 Å². The predicted octanol–water partition coefficient (Wildman–Crippen LogP) is 6.52. The molecular weight excluding hydrogens is 371 g/mol. The third-order valence-corrected chi connectivity index (χ3v) is 6.19. The van der Waals surface area contributed by atoms with Crippen molar-refractivity contribution in [1.29, 1.82) is 0 Å². The van der Waals surface area contributed by atoms with E-state index in [9.17, 15) is 4.39 Å². The fourth-order valence-electron chi connectivity index (χ4n) is 4.89. The summed E-state index contributed by atoms with van der Waals surface area (Å²) < 4.78 is 18.7. The van der Waals surface area contributed by atoms with Gasteiger partial charge in [0.05, 0.1) is 11.4 Å². The van der Waals surface area contributed by atoms with E-state index in [1.807, 2.05) is 6.07 Å². The molecule has 30 heavy (non-hydrogen) atoms. The van der Waals surface area contributed by atoms with Crippen LogP contribution in [0.1, 0.15) is 11.1 Å². The summed E-state index contributed by atoms with van der Waals surface area (Å²) in [4.78, 5) is 0. The second-order valence-electron chi connectivity index (χ2n) is 7.93. The van der Waals surface area contributed by atoms with Crippen LogP contribution in [0.25, 0.3) is 33.5 Å². The molecule has 0 fully saturated rings. The predicted molar refractivity (Wildman–Crippen MR) is 120 cm³/mol. The summed E-state index contributed by atoms with van der Waals surface area (Å²) >= 11 is 0. The molecule has 1 aliphatic rings. The maximum atomic E-state index is 13.9. The number of nitrogens with zero attached hydrogens (tertiary/aromatic N) is 2. The Morgan fingerprint density at radius 2 is 1.57 bits per heavy atom. The van der Waals surface area contributed by atoms with Crippen LogP contribution in [-0.4, -0.2) is 9.13 Å². The molecule has 3 heterocycles. The fourth-order valence-corrected chi connectivity index (χ4v) is 4.89. The first-order chi connectivity index (χ1) is 14.8. The zero-order valence-corrected chi connectivity index (χ0v) is 16.6. The maximum Gasteiger partial charge on any atom is 0.123 e. The Labute approximate surface area is 174 Å². The van der Waals surface area contributed by atoms with Crippen LogP contribution in [0.15, 0.2) is 91.0 Å². The van der Waals surface area contributed by atoms with Crippen molar-refractivity contribution >= 4 is 10.9 Å². The largest absolute Gasteiger partial charge is 0.339 e. The lowest BCUT2D eigenvalue weighted by atomic mass is 10.0. The van der Waals surface area contributed by atoms with Crippen molar-refractivity contribution in [3.05, 3.63) is 108 Å². The minimum atomic E-state index is -0.197. The van der Waals surface area contributed by atoms with E-state index in [-0.39, 0.29) is 5.82 Å². The van der Waals surface area contributed by atoms with Crippen LogP contribution >= 0.6 is 0 Å². The van der Waals surface area contributed by atoms with E-state index in [1.54, 1.807) is 12.1 Å². The molecule has 0 amide bonds. The third kappa shape index (κ3) is 2.62. The highest BCUT2D eigenvalue weighted by atomic mass is 19.1. The minimum absolute atomic E-state index is 0.197. The highest BCUT2D eigenvalue weighted by Gasteiger charge is 2.26. The molecule has 0 N–H and O–H groups in total. The van der Waals surface area contributed by atoms with Gasteiger partial charge in [0.1, 0.15) is 5.82 Å². The summed E-state index contributed by atoms with van der Waals surface area (Å²) in [6, 6.07) is 30.5. The third-order valence-electron chi connectivity index (χ3n) is 6.19. The lowest BCUT2D eigenvalue weighted by Crippen LogP contribution is -2.14. The quantitative estimate of drug-likeness (QED) is 0.331. The van der Waals surface area contributed by atoms with Gasteiger partial charge >= 0.3 is 0 Å². The van der Waals surface area contributed by atoms with Crippen molar-refractivity contribution in [3.63, 3.8) is 0 Å². The van der Waals surface area contributed by atoms with Crippen molar-refractivity contribution in [3.8, 4) is 22.6 Å². The van der Waals surface area contributed by atoms with E-state index in [0.717, 1.165) is 30.8 Å². The molecular formula is C27H21FN2. The molecule has 3 aromatic carbocycles. The average Bonchev–Trinajstić information content (AvgIpc) is 3.34. The van der Waals surface area contributed by atoms with Gasteiger partial charge in [-0.25, -0.2) is 4.39 Å². The minimum Gasteiger partial charge on any atom is -0.339 e. The maximum absolute atomic E-state index is 13.9. The Bertz CT molecular complexity index is 1380. The smallest absolute Gasteiger partial charge is 0.123 e. The van der Waals surface area contributed by atoms with Crippen LogP contribution in [0.4, 0.5) is 4.39 Å². The van der Waals surface area contributed by atoms with E-state index >= 15 is 0 Å². The molecule has 0 spiro atoms. The topological polar surface area (TPSA) is 9.86 Å². The molecule has 1 aliphatic heterocycles. The number of aromatic nitrogens is 2. The average molecular weight is 392 g/mol. The SMILES string of the molecule is Fc1cccc(-c2ccc3n2CCc2c-3n(Cc3ccccc3)c3ccccc23)c1. The van der Waals surface area contributed by atoms with Gasteiger partial charge in [0.25, 0.3) is 0 Å². The van der Waals surface area contributed by atoms with E-state index in [2.05, 4.69) is 75.9 Å². The van der Waals surface area contributed by atoms with Gasteiger partial charge in [0.2, 0.25) is 0 Å². The van der Waals surface area contributed by atoms with Gasteiger partial charge in [0.15, 0.2) is 0 Å². The molecule has 2 aromatic heterocycles. The monoisotopic (exact) mass is 392 g/mol. The van der Waals surface area contributed by atoms with Crippen molar-refractivity contribution in [1.82, 2.24) is 9.13 Å². The van der Waals surface area contributed by atoms with Gasteiger partial charge in [0, 0.05) is 35.2 Å². The van der Waals surface area contributed by atoms with Crippen molar-refractivity contribution < 1.29 is 4.39 Å². The van der Waals surface area contributed by atoms with Gasteiger partial charge in [-0.3, -0.25) is 0 Å². The Morgan fingerprint density at radius 3 is 2.43 bits per heavy atom. The van der Waals surface area contributed by atoms with Gasteiger partial charge < -0.3 is 9.13 Å². The molecule has 0 aliphatic carbocycles. The van der Waals surface area contributed by atoms with Crippen LogP contribution in [0.3, 0.4) is 0 Å². The summed E-state index contributed by atoms with van der Waals surface area (Å²) in [5.41, 5.74) is 8.47. The van der Waals surface area contributed by atoms with E-state index in [0.29, 0.717) is 0 Å². The highest BCUT2D eigenvalue weighted by Crippen LogP contribution is 2.40. The number of rotatable bonds is 3. The first kappa shape index (κ1) is 17.3. The number of halogens is 1. The Kier molecular flexibility index (Phi) is 3.88. The fraction of sp³-hybridized carbons (Fsp3) is 0.111. The number of fused-ring (bicyclic) bond motifs is 5. The molecule has 0 bridgehead atoms. The standard InChI is InChI=1S/C27H21FN2/c28-21-10-6-9-20(17-21)24-13-14-26-27-23(15-16-29(24)26)22-11-4-5-12-25(22)30(27)18-19-7-2-1-3-8-19/h1-14,17H,15-16,18H2. The van der Waals surface area contributed by atoms with E-state index in [1.165, 1.54) is 39.5 Å². The molecule has 0 saturated heterocycles. The van der Waals surface area contributed by atoms with Crippen LogP contribution in [0.5, 0.6) is 0 Å². The molecule has 3 heteroatoms. The normalized spacial score (nSPS) is 12.7. The summed E-state index contributed by atoms with van der Waals surface area (Å²) in [5, 5.41) is 1.34. The number of aryl methyl sites for hydroxylation is 1. The van der Waals surface area contributed by atoms with Crippen LogP contribution < -0.4 is 0 Å². The molecule has 0 radical (unpaired) electrons. The first-order valence-corrected chi connectivity index (χ1v) is 10.4. The first-order valence-electron chi connectivity index (χ1n) is 10.4. The number of hydrogen-bond acceptors (Lipinski definition) is 0. The van der Waals surface area contributed by atoms with Gasteiger partial charge in [-0.2, -0.15) is 0 Å². The van der Waals surface area contributed by atoms with Crippen molar-refractivity contribution in [2.75, 3.05) is 0 Å². The molecule has 6 rings (SSSR count). The number of benzene rings is 3. The number of hydrogen-bond donors (Lipinski definition) is 0. The van der Waals surface area contributed by atoms with Crippen LogP contribution in [0, 0.1) is 5.82 Å². The molecule has 5 aromatic rings. The summed E-state index contributed by atoms with van der Waals surface area (Å²) in [7, 11) is 0. The number of para-hydroxylation sites is 1. The Morgan fingerprint density at radius 1 is 0.767 bits per heavy atom. The molecule has 0 unspecified atom stereocenters. The summed E-state index contributed by atoms with van der Waals surface area (Å²) in [6.07, 6.45) is 0.974. The lowest BCUT2D eigenvalue weighted by Gasteiger charge is -2.22. The highest BCUT2D eigenvalue weighted by molar-refractivity contribution is 5.92. The summed E-state index contributed by atoms with van der Waals surface area (Å²) in [6.45, 7) is 1.73. The zero-order valence-electron chi connectivity index (χ0n) is 16.6. The summed E-state index contributed by atoms with van der Waals surface area (Å²) in [5.74, 6) is -0.197. The second-order valence-corrected chi connectivity index (χ2v) is 7.93. The van der Waals surface area contributed by atoms with E-state index in [4.69, 9.17) is 0 Å². The van der Waals surface area contributed by atoms with E-state index < -0.39 is 0 Å².